The van der Waals surface area contributed by atoms with Gasteiger partial charge in [0.2, 0.25) is 0 Å². The van der Waals surface area contributed by atoms with Crippen molar-refractivity contribution in [3.63, 3.8) is 0 Å². The SMILES string of the molecule is Cc1cc(OC(C)C(=O)NCCc2ccccc2)cc(C)c1Cl. The van der Waals surface area contributed by atoms with E-state index in [1.165, 1.54) is 5.56 Å². The third-order valence-electron chi connectivity index (χ3n) is 3.65. The van der Waals surface area contributed by atoms with E-state index in [0.29, 0.717) is 12.3 Å². The van der Waals surface area contributed by atoms with Gasteiger partial charge in [-0.05, 0) is 56.0 Å². The van der Waals surface area contributed by atoms with Crippen LogP contribution in [0.2, 0.25) is 5.02 Å². The summed E-state index contributed by atoms with van der Waals surface area (Å²) in [6, 6.07) is 13.8. The fourth-order valence-corrected chi connectivity index (χ4v) is 2.46. The number of hydrogen-bond donors (Lipinski definition) is 1. The Bertz CT molecular complexity index is 647. The molecule has 2 aromatic carbocycles. The number of ether oxygens (including phenoxy) is 1. The number of nitrogens with one attached hydrogen (secondary N) is 1. The predicted octanol–water partition coefficient (Wildman–Crippen LogP) is 4.08. The highest BCUT2D eigenvalue weighted by molar-refractivity contribution is 6.32. The van der Waals surface area contributed by atoms with Gasteiger partial charge in [-0.15, -0.1) is 0 Å². The molecule has 2 aromatic rings. The molecule has 1 atom stereocenters. The van der Waals surface area contributed by atoms with Gasteiger partial charge >= 0.3 is 0 Å². The maximum atomic E-state index is 12.1. The molecule has 0 aliphatic heterocycles. The first-order valence-corrected chi connectivity index (χ1v) is 8.10. The zero-order valence-corrected chi connectivity index (χ0v) is 14.5. The van der Waals surface area contributed by atoms with Crippen molar-refractivity contribution in [2.24, 2.45) is 0 Å². The van der Waals surface area contributed by atoms with Crippen molar-refractivity contribution in [1.29, 1.82) is 0 Å². The first-order valence-electron chi connectivity index (χ1n) is 7.72. The summed E-state index contributed by atoms with van der Waals surface area (Å²) in [5.74, 6) is 0.543. The van der Waals surface area contributed by atoms with Crippen LogP contribution in [0.25, 0.3) is 0 Å². The Morgan fingerprint density at radius 2 is 1.78 bits per heavy atom. The lowest BCUT2D eigenvalue weighted by atomic mass is 10.1. The lowest BCUT2D eigenvalue weighted by Crippen LogP contribution is -2.37. The smallest absolute Gasteiger partial charge is 0.260 e. The highest BCUT2D eigenvalue weighted by Crippen LogP contribution is 2.26. The molecule has 0 saturated heterocycles. The maximum Gasteiger partial charge on any atom is 0.260 e. The molecular weight excluding hydrogens is 310 g/mol. The summed E-state index contributed by atoms with van der Waals surface area (Å²) in [6.07, 6.45) is 0.254. The summed E-state index contributed by atoms with van der Waals surface area (Å²) in [4.78, 5) is 12.1. The van der Waals surface area contributed by atoms with E-state index in [2.05, 4.69) is 5.32 Å². The van der Waals surface area contributed by atoms with Crippen LogP contribution in [0.15, 0.2) is 42.5 Å². The Morgan fingerprint density at radius 3 is 2.39 bits per heavy atom. The quantitative estimate of drug-likeness (QED) is 0.866. The van der Waals surface area contributed by atoms with Crippen LogP contribution in [-0.2, 0) is 11.2 Å². The van der Waals surface area contributed by atoms with E-state index in [9.17, 15) is 4.79 Å². The van der Waals surface area contributed by atoms with Gasteiger partial charge in [0.25, 0.3) is 5.91 Å². The average molecular weight is 332 g/mol. The summed E-state index contributed by atoms with van der Waals surface area (Å²) in [7, 11) is 0. The topological polar surface area (TPSA) is 38.3 Å². The van der Waals surface area contributed by atoms with E-state index in [4.69, 9.17) is 16.3 Å². The standard InChI is InChI=1S/C19H22ClNO2/c1-13-11-17(12-14(2)18(13)20)23-15(3)19(22)21-10-9-16-7-5-4-6-8-16/h4-8,11-12,15H,9-10H2,1-3H3,(H,21,22). The second-order valence-electron chi connectivity index (χ2n) is 5.66. The molecular formula is C19H22ClNO2. The fraction of sp³-hybridized carbons (Fsp3) is 0.316. The molecule has 0 aliphatic carbocycles. The molecule has 1 unspecified atom stereocenters. The van der Waals surface area contributed by atoms with Crippen LogP contribution in [0.1, 0.15) is 23.6 Å². The first-order chi connectivity index (χ1) is 11.0. The molecule has 0 saturated carbocycles. The summed E-state index contributed by atoms with van der Waals surface area (Å²) < 4.78 is 5.72. The van der Waals surface area contributed by atoms with E-state index in [1.54, 1.807) is 6.92 Å². The molecule has 0 aliphatic rings. The second kappa shape index (κ2) is 8.02. The minimum atomic E-state index is -0.550. The van der Waals surface area contributed by atoms with Crippen molar-refractivity contribution in [3.8, 4) is 5.75 Å². The van der Waals surface area contributed by atoms with Crippen molar-refractivity contribution in [3.05, 3.63) is 64.2 Å². The van der Waals surface area contributed by atoms with Gasteiger partial charge in [-0.25, -0.2) is 0 Å². The van der Waals surface area contributed by atoms with Crippen LogP contribution in [-0.4, -0.2) is 18.6 Å². The third-order valence-corrected chi connectivity index (χ3v) is 4.24. The fourth-order valence-electron chi connectivity index (χ4n) is 2.35. The molecule has 23 heavy (non-hydrogen) atoms. The normalized spacial score (nSPS) is 11.8. The molecule has 0 bridgehead atoms. The molecule has 4 heteroatoms. The number of carbonyl (C=O) groups is 1. The number of amides is 1. The summed E-state index contributed by atoms with van der Waals surface area (Å²) in [5.41, 5.74) is 3.09. The van der Waals surface area contributed by atoms with Crippen LogP contribution in [0.4, 0.5) is 0 Å². The minimum absolute atomic E-state index is 0.119. The monoisotopic (exact) mass is 331 g/mol. The van der Waals surface area contributed by atoms with Gasteiger partial charge in [-0.1, -0.05) is 41.9 Å². The third kappa shape index (κ3) is 5.00. The summed E-state index contributed by atoms with van der Waals surface area (Å²) >= 11 is 6.14. The minimum Gasteiger partial charge on any atom is -0.481 e. The number of halogens is 1. The van der Waals surface area contributed by atoms with Gasteiger partial charge in [0.15, 0.2) is 6.10 Å². The highest BCUT2D eigenvalue weighted by atomic mass is 35.5. The summed E-state index contributed by atoms with van der Waals surface area (Å²) in [5, 5.41) is 3.64. The van der Waals surface area contributed by atoms with Crippen molar-refractivity contribution >= 4 is 17.5 Å². The molecule has 3 nitrogen and oxygen atoms in total. The Balaban J connectivity index is 1.85. The lowest BCUT2D eigenvalue weighted by Gasteiger charge is -2.16. The van der Waals surface area contributed by atoms with Crippen LogP contribution in [0.3, 0.4) is 0 Å². The maximum absolute atomic E-state index is 12.1. The van der Waals surface area contributed by atoms with Crippen molar-refractivity contribution in [2.75, 3.05) is 6.54 Å². The average Bonchev–Trinajstić information content (AvgIpc) is 2.53. The van der Waals surface area contributed by atoms with Gasteiger partial charge < -0.3 is 10.1 Å². The Kier molecular flexibility index (Phi) is 6.05. The number of aryl methyl sites for hydroxylation is 2. The van der Waals surface area contributed by atoms with Crippen LogP contribution in [0.5, 0.6) is 5.75 Å². The van der Waals surface area contributed by atoms with Crippen molar-refractivity contribution in [2.45, 2.75) is 33.3 Å². The van der Waals surface area contributed by atoms with Crippen molar-refractivity contribution < 1.29 is 9.53 Å². The highest BCUT2D eigenvalue weighted by Gasteiger charge is 2.15. The van der Waals surface area contributed by atoms with Crippen LogP contribution in [0, 0.1) is 13.8 Å². The molecule has 1 amide bonds. The van der Waals surface area contributed by atoms with E-state index >= 15 is 0 Å². The lowest BCUT2D eigenvalue weighted by molar-refractivity contribution is -0.127. The largest absolute Gasteiger partial charge is 0.481 e. The Morgan fingerprint density at radius 1 is 1.17 bits per heavy atom. The van der Waals surface area contributed by atoms with Gasteiger partial charge in [0.1, 0.15) is 5.75 Å². The Hall–Kier alpha value is -2.00. The molecule has 0 radical (unpaired) electrons. The van der Waals surface area contributed by atoms with Gasteiger partial charge in [-0.3, -0.25) is 4.79 Å². The number of benzene rings is 2. The van der Waals surface area contributed by atoms with Gasteiger partial charge in [-0.2, -0.15) is 0 Å². The van der Waals surface area contributed by atoms with Crippen LogP contribution >= 0.6 is 11.6 Å². The number of carbonyl (C=O) groups excluding carboxylic acids is 1. The molecule has 0 spiro atoms. The second-order valence-corrected chi connectivity index (χ2v) is 6.04. The number of rotatable bonds is 6. The first kappa shape index (κ1) is 17.4. The van der Waals surface area contributed by atoms with Crippen molar-refractivity contribution in [1.82, 2.24) is 5.32 Å². The van der Waals surface area contributed by atoms with E-state index < -0.39 is 6.10 Å². The zero-order valence-electron chi connectivity index (χ0n) is 13.7. The molecule has 1 N–H and O–H groups in total. The van der Waals surface area contributed by atoms with Crippen LogP contribution < -0.4 is 10.1 Å². The molecule has 122 valence electrons. The Labute approximate surface area is 142 Å². The van der Waals surface area contributed by atoms with E-state index in [1.807, 2.05) is 56.3 Å². The zero-order chi connectivity index (χ0) is 16.8. The number of hydrogen-bond acceptors (Lipinski definition) is 2. The van der Waals surface area contributed by atoms with E-state index in [-0.39, 0.29) is 5.91 Å². The molecule has 0 aromatic heterocycles. The molecule has 0 heterocycles. The van der Waals surface area contributed by atoms with Gasteiger partial charge in [0.05, 0.1) is 0 Å². The predicted molar refractivity (Wildman–Crippen MR) is 94.2 cm³/mol. The molecule has 2 rings (SSSR count). The molecule has 0 fully saturated rings. The summed E-state index contributed by atoms with van der Waals surface area (Å²) in [6.45, 7) is 6.19. The van der Waals surface area contributed by atoms with E-state index in [0.717, 1.165) is 22.6 Å². The van der Waals surface area contributed by atoms with Gasteiger partial charge in [0, 0.05) is 11.6 Å².